The van der Waals surface area contributed by atoms with Gasteiger partial charge in [-0.05, 0) is 133 Å². The first kappa shape index (κ1) is 88.6. The summed E-state index contributed by atoms with van der Waals surface area (Å²) in [4.78, 5) is 181. The second-order valence-electron chi connectivity index (χ2n) is 26.3. The van der Waals surface area contributed by atoms with Gasteiger partial charge in [0, 0.05) is 32.6 Å². The molecular formula is C66H117N23O13. The van der Waals surface area contributed by atoms with Gasteiger partial charge >= 0.3 is 5.97 Å². The van der Waals surface area contributed by atoms with Crippen molar-refractivity contribution in [1.29, 1.82) is 0 Å². The van der Waals surface area contributed by atoms with E-state index < -0.39 is 150 Å². The summed E-state index contributed by atoms with van der Waals surface area (Å²) >= 11 is 0. The summed E-state index contributed by atoms with van der Waals surface area (Å²) in [5.41, 5.74) is 52.0. The van der Waals surface area contributed by atoms with Gasteiger partial charge in [-0.1, -0.05) is 84.7 Å². The fraction of sp³-hybridized carbons (Fsp3) is 0.682. The van der Waals surface area contributed by atoms with Gasteiger partial charge in [-0.15, -0.1) is 0 Å². The minimum Gasteiger partial charge on any atom is -0.480 e. The Bertz CT molecular complexity index is 2950. The Hall–Kier alpha value is -9.45. The maximum Gasteiger partial charge on any atom is 0.322 e. The number of nitrogens with one attached hydrogen (secondary N) is 10. The third kappa shape index (κ3) is 35.2. The third-order valence-electron chi connectivity index (χ3n) is 16.7. The van der Waals surface area contributed by atoms with Crippen molar-refractivity contribution in [2.75, 3.05) is 52.4 Å². The van der Waals surface area contributed by atoms with Crippen LogP contribution in [-0.2, 0) is 64.0 Å². The number of amides is 11. The van der Waals surface area contributed by atoms with E-state index in [1.807, 2.05) is 13.8 Å². The number of carboxylic acid groups (broad SMARTS) is 1. The van der Waals surface area contributed by atoms with Crippen molar-refractivity contribution in [3.63, 3.8) is 0 Å². The second-order valence-corrected chi connectivity index (χ2v) is 26.3. The number of benzene rings is 1. The summed E-state index contributed by atoms with van der Waals surface area (Å²) in [6.07, 6.45) is 3.69. The van der Waals surface area contributed by atoms with E-state index in [1.54, 1.807) is 58.0 Å². The molecule has 0 saturated carbocycles. The molecule has 0 unspecified atom stereocenters. The van der Waals surface area contributed by atoms with E-state index in [0.29, 0.717) is 63.6 Å². The fourth-order valence-corrected chi connectivity index (χ4v) is 11.1. The Morgan fingerprint density at radius 3 is 1.41 bits per heavy atom. The van der Waals surface area contributed by atoms with Gasteiger partial charge in [0.2, 0.25) is 65.0 Å². The number of hydrogen-bond acceptors (Lipinski definition) is 18. The van der Waals surface area contributed by atoms with Gasteiger partial charge in [0.25, 0.3) is 0 Å². The van der Waals surface area contributed by atoms with E-state index >= 15 is 0 Å². The van der Waals surface area contributed by atoms with Gasteiger partial charge < -0.3 is 115 Å². The number of aliphatic imine (C=N–C) groups is 3. The monoisotopic (exact) mass is 1440 g/mol. The highest BCUT2D eigenvalue weighted by atomic mass is 16.4. The maximum atomic E-state index is 14.8. The molecule has 1 aliphatic rings. The normalized spacial score (nSPS) is 15.5. The van der Waals surface area contributed by atoms with E-state index in [-0.39, 0.29) is 127 Å². The van der Waals surface area contributed by atoms with Crippen molar-refractivity contribution in [1.82, 2.24) is 58.1 Å². The van der Waals surface area contributed by atoms with E-state index in [9.17, 15) is 57.5 Å². The lowest BCUT2D eigenvalue weighted by Crippen LogP contribution is -2.61. The Morgan fingerprint density at radius 2 is 0.931 bits per heavy atom. The number of carbonyl (C=O) groups excluding carboxylic acids is 11. The van der Waals surface area contributed by atoms with Gasteiger partial charge in [-0.3, -0.25) is 72.5 Å². The second kappa shape index (κ2) is 48.4. The number of nitrogens with two attached hydrogens (primary N) is 9. The Labute approximate surface area is 597 Å². The highest BCUT2D eigenvalue weighted by Gasteiger charge is 2.41. The number of carbonyl (C=O) groups is 12. The van der Waals surface area contributed by atoms with Crippen LogP contribution in [0.4, 0.5) is 0 Å². The molecule has 11 atom stereocenters. The van der Waals surface area contributed by atoms with E-state index in [0.717, 1.165) is 0 Å². The van der Waals surface area contributed by atoms with Crippen LogP contribution in [-0.4, -0.2) is 212 Å². The topological polar surface area (TPSA) is 620 Å². The number of unbranched alkanes of at least 4 members (excludes halogenated alkanes) is 2. The zero-order valence-electron chi connectivity index (χ0n) is 60.1. The van der Waals surface area contributed by atoms with Crippen LogP contribution >= 0.6 is 0 Å². The minimum atomic E-state index is -1.46. The average Bonchev–Trinajstić information content (AvgIpc) is 1.52. The smallest absolute Gasteiger partial charge is 0.322 e. The predicted molar refractivity (Wildman–Crippen MR) is 386 cm³/mol. The highest BCUT2D eigenvalue weighted by Crippen LogP contribution is 2.22. The van der Waals surface area contributed by atoms with Gasteiger partial charge in [0.15, 0.2) is 17.9 Å². The van der Waals surface area contributed by atoms with Crippen LogP contribution in [0.2, 0.25) is 0 Å². The molecule has 0 aromatic heterocycles. The number of nitrogens with zero attached hydrogens (tertiary/aromatic N) is 4. The van der Waals surface area contributed by atoms with Crippen molar-refractivity contribution in [3.05, 3.63) is 35.9 Å². The molecule has 0 bridgehead atoms. The molecule has 1 aliphatic heterocycles. The van der Waals surface area contributed by atoms with Crippen molar-refractivity contribution >= 4 is 88.8 Å². The molecule has 36 nitrogen and oxygen atoms in total. The zero-order valence-corrected chi connectivity index (χ0v) is 60.1. The lowest BCUT2D eigenvalue weighted by molar-refractivity contribution is -0.143. The SMILES string of the molecule is CC[C@H](C)[C@H](NC(=O)[C@H](CCCN=C(N)N)NC(=O)[C@@H]1CCCN1C(=O)[C@H](CCCCN)NC(=O)[C@H](CC(C)C)NC(=O)[C@@H](N)CCCCN)C(=O)N[C@@H](CCCN=C(N)N)C(=O)N[C@@H](CCCN=C(N)N)C(=O)N[C@@H](CC(C)C)C(=O)N[C@@H](Cc1ccccc1)C(=O)NCC(=O)NCC(=O)O. The number of rotatable bonds is 50. The van der Waals surface area contributed by atoms with Gasteiger partial charge in [0.1, 0.15) is 60.9 Å². The first-order chi connectivity index (χ1) is 48.3. The molecule has 11 amide bonds. The molecule has 1 saturated heterocycles. The average molecular weight is 1440 g/mol. The lowest BCUT2D eigenvalue weighted by Gasteiger charge is -2.32. The minimum absolute atomic E-state index is 0.00429. The van der Waals surface area contributed by atoms with Gasteiger partial charge in [-0.25, -0.2) is 0 Å². The lowest BCUT2D eigenvalue weighted by atomic mass is 9.96. The van der Waals surface area contributed by atoms with Crippen LogP contribution in [0.5, 0.6) is 0 Å². The highest BCUT2D eigenvalue weighted by molar-refractivity contribution is 5.99. The molecule has 1 heterocycles. The molecule has 574 valence electrons. The fourth-order valence-electron chi connectivity index (χ4n) is 11.1. The number of aliphatic carboxylic acids is 1. The van der Waals surface area contributed by atoms with Crippen molar-refractivity contribution < 1.29 is 62.6 Å². The summed E-state index contributed by atoms with van der Waals surface area (Å²) in [5, 5.41) is 35.6. The molecule has 102 heavy (non-hydrogen) atoms. The first-order valence-electron chi connectivity index (χ1n) is 35.2. The number of hydrogen-bond donors (Lipinski definition) is 20. The zero-order chi connectivity index (χ0) is 76.4. The van der Waals surface area contributed by atoms with Crippen LogP contribution in [0.1, 0.15) is 156 Å². The summed E-state index contributed by atoms with van der Waals surface area (Å²) < 4.78 is 0. The number of carboxylic acids is 1. The molecule has 2 rings (SSSR count). The third-order valence-corrected chi connectivity index (χ3v) is 16.7. The van der Waals surface area contributed by atoms with Crippen LogP contribution in [0, 0.1) is 17.8 Å². The molecule has 1 aromatic rings. The first-order valence-corrected chi connectivity index (χ1v) is 35.2. The molecule has 29 N–H and O–H groups in total. The summed E-state index contributed by atoms with van der Waals surface area (Å²) in [5.74, 6) is -11.3. The van der Waals surface area contributed by atoms with Gasteiger partial charge in [-0.2, -0.15) is 0 Å². The van der Waals surface area contributed by atoms with Crippen LogP contribution < -0.4 is 105 Å². The van der Waals surface area contributed by atoms with E-state index in [2.05, 4.69) is 68.1 Å². The Balaban J connectivity index is 2.60. The summed E-state index contributed by atoms with van der Waals surface area (Å²) in [6.45, 7) is 10.3. The van der Waals surface area contributed by atoms with Crippen LogP contribution in [0.25, 0.3) is 0 Å². The molecule has 0 radical (unpaired) electrons. The maximum absolute atomic E-state index is 14.8. The molecule has 36 heteroatoms. The molecule has 0 aliphatic carbocycles. The number of likely N-dealkylation sites (tertiary alicyclic amines) is 1. The standard InChI is InChI=1S/C66H117N23O13/c1-7-40(6)53(88-58(97)45(25-17-31-78-66(74)75)82-61(100)50-26-18-32-89(50)63(102)46(22-12-14-28-68)84-59(98)47(33-38(2)3)85-54(93)42(69)21-11-13-27-67)62(101)83-44(24-16-30-77-65(72)73)56(95)81-43(23-15-29-76-64(70)71)57(96)86-48(34-39(4)5)60(99)87-49(35-41-19-9-8-10-20-41)55(94)80-36-51(90)79-37-52(91)92/h8-10,19-20,38-40,42-50,53H,7,11-18,21-37,67-69H2,1-6H3,(H,79,90)(H,80,94)(H,81,95)(H,82,100)(H,83,101)(H,84,98)(H,85,93)(H,86,96)(H,87,99)(H,88,97)(H,91,92)(H4,70,71,76)(H4,72,73,77)(H4,74,75,78)/t40-,42-,43-,44-,45-,46-,47-,48-,49-,50-,53-/m0/s1. The predicted octanol–water partition coefficient (Wildman–Crippen LogP) is -4.70. The Kier molecular flexibility index (Phi) is 42.0. The van der Waals surface area contributed by atoms with E-state index in [1.165, 1.54) is 4.90 Å². The summed E-state index contributed by atoms with van der Waals surface area (Å²) in [6, 6.07) is -3.96. The summed E-state index contributed by atoms with van der Waals surface area (Å²) in [7, 11) is 0. The molecular weight excluding hydrogens is 1320 g/mol. The molecule has 1 fully saturated rings. The molecule has 0 spiro atoms. The van der Waals surface area contributed by atoms with E-state index in [4.69, 9.17) is 56.7 Å². The Morgan fingerprint density at radius 1 is 0.500 bits per heavy atom. The number of guanidine groups is 3. The van der Waals surface area contributed by atoms with Gasteiger partial charge in [0.05, 0.1) is 12.6 Å². The van der Waals surface area contributed by atoms with Crippen LogP contribution in [0.15, 0.2) is 45.3 Å². The van der Waals surface area contributed by atoms with Crippen molar-refractivity contribution in [2.24, 2.45) is 84.3 Å². The van der Waals surface area contributed by atoms with Crippen molar-refractivity contribution in [3.8, 4) is 0 Å². The quantitative estimate of drug-likeness (QED) is 0.0166. The van der Waals surface area contributed by atoms with Crippen LogP contribution in [0.3, 0.4) is 0 Å². The largest absolute Gasteiger partial charge is 0.480 e. The van der Waals surface area contributed by atoms with Crippen molar-refractivity contribution in [2.45, 2.75) is 218 Å². The molecule has 1 aromatic carbocycles.